The molecule has 3 aromatic rings. The van der Waals surface area contributed by atoms with E-state index in [9.17, 15) is 9.59 Å². The van der Waals surface area contributed by atoms with Gasteiger partial charge in [-0.15, -0.1) is 0 Å². The lowest BCUT2D eigenvalue weighted by molar-refractivity contribution is -0.117. The Bertz CT molecular complexity index is 1220. The zero-order valence-electron chi connectivity index (χ0n) is 21.6. The molecular weight excluding hydrogens is 440 g/mol. The van der Waals surface area contributed by atoms with E-state index in [1.54, 1.807) is 6.20 Å². The second-order valence-electron chi connectivity index (χ2n) is 10.1. The Morgan fingerprint density at radius 1 is 1.03 bits per heavy atom. The average Bonchev–Trinajstić information content (AvgIpc) is 3.25. The molecule has 0 atom stereocenters. The minimum Gasteiger partial charge on any atom is -0.336 e. The van der Waals surface area contributed by atoms with Gasteiger partial charge in [-0.2, -0.15) is 5.10 Å². The van der Waals surface area contributed by atoms with Crippen LogP contribution in [0.2, 0.25) is 0 Å². The van der Waals surface area contributed by atoms with Crippen LogP contribution in [0, 0.1) is 13.8 Å². The molecule has 1 aromatic carbocycles. The number of carbonyl (C=O) groups excluding carboxylic acids is 2. The highest BCUT2D eigenvalue weighted by atomic mass is 16.2. The number of fused-ring (bicyclic) bond motifs is 1. The topological polar surface area (TPSA) is 83.4 Å². The van der Waals surface area contributed by atoms with Gasteiger partial charge in [0, 0.05) is 43.6 Å². The third kappa shape index (κ3) is 5.22. The number of nitrogens with one attached hydrogen (secondary N) is 1. The maximum atomic E-state index is 13.6. The van der Waals surface area contributed by atoms with Gasteiger partial charge in [0.25, 0.3) is 5.91 Å². The minimum absolute atomic E-state index is 0.00208. The Morgan fingerprint density at radius 3 is 2.29 bits per heavy atom. The molecule has 2 amide bonds. The summed E-state index contributed by atoms with van der Waals surface area (Å²) in [7, 11) is 0. The Labute approximate surface area is 207 Å². The summed E-state index contributed by atoms with van der Waals surface area (Å²) >= 11 is 0. The summed E-state index contributed by atoms with van der Waals surface area (Å²) in [4.78, 5) is 35.0. The summed E-state index contributed by atoms with van der Waals surface area (Å²) in [5, 5.41) is 8.36. The van der Waals surface area contributed by atoms with E-state index in [-0.39, 0.29) is 23.8 Å². The number of benzene rings is 1. The van der Waals surface area contributed by atoms with Gasteiger partial charge in [-0.25, -0.2) is 9.67 Å². The lowest BCUT2D eigenvalue weighted by atomic mass is 10.0. The van der Waals surface area contributed by atoms with Crippen LogP contribution in [0.3, 0.4) is 0 Å². The summed E-state index contributed by atoms with van der Waals surface area (Å²) < 4.78 is 1.88. The monoisotopic (exact) mass is 476 g/mol. The van der Waals surface area contributed by atoms with Crippen LogP contribution in [0.15, 0.2) is 30.5 Å². The first kappa shape index (κ1) is 24.9. The molecule has 0 radical (unpaired) electrons. The van der Waals surface area contributed by atoms with Crippen LogP contribution < -0.4 is 5.32 Å². The van der Waals surface area contributed by atoms with E-state index >= 15 is 0 Å². The van der Waals surface area contributed by atoms with Gasteiger partial charge < -0.3 is 10.2 Å². The molecule has 8 heteroatoms. The third-order valence-corrected chi connectivity index (χ3v) is 6.67. The number of rotatable bonds is 6. The maximum absolute atomic E-state index is 13.6. The largest absolute Gasteiger partial charge is 0.336 e. The molecule has 1 aliphatic rings. The minimum atomic E-state index is -0.0271. The Kier molecular flexibility index (Phi) is 7.21. The van der Waals surface area contributed by atoms with Crippen molar-refractivity contribution in [3.63, 3.8) is 0 Å². The number of aryl methyl sites for hydroxylation is 2. The number of aromatic nitrogens is 3. The third-order valence-electron chi connectivity index (χ3n) is 6.67. The highest BCUT2D eigenvalue weighted by molar-refractivity contribution is 6.05. The number of para-hydroxylation sites is 1. The molecule has 0 bridgehead atoms. The molecular formula is C27H36N6O2. The fraction of sp³-hybridized carbons (Fsp3) is 0.481. The van der Waals surface area contributed by atoms with Crippen molar-refractivity contribution in [1.82, 2.24) is 24.6 Å². The van der Waals surface area contributed by atoms with Crippen LogP contribution >= 0.6 is 0 Å². The van der Waals surface area contributed by atoms with E-state index < -0.39 is 0 Å². The molecule has 8 nitrogen and oxygen atoms in total. The van der Waals surface area contributed by atoms with Crippen molar-refractivity contribution >= 4 is 28.5 Å². The van der Waals surface area contributed by atoms with Crippen molar-refractivity contribution in [2.45, 2.75) is 53.5 Å². The van der Waals surface area contributed by atoms with Crippen LogP contribution in [-0.4, -0.2) is 69.1 Å². The zero-order valence-corrected chi connectivity index (χ0v) is 21.6. The number of hydrogen-bond acceptors (Lipinski definition) is 5. The second-order valence-corrected chi connectivity index (χ2v) is 10.1. The number of carbonyl (C=O) groups is 2. The molecule has 1 fully saturated rings. The molecule has 1 saturated heterocycles. The predicted molar refractivity (Wildman–Crippen MR) is 139 cm³/mol. The maximum Gasteiger partial charge on any atom is 0.254 e. The predicted octanol–water partition coefficient (Wildman–Crippen LogP) is 4.15. The van der Waals surface area contributed by atoms with E-state index in [0.717, 1.165) is 33.5 Å². The normalized spacial score (nSPS) is 14.8. The standard InChI is InChI=1S/C27H36N6O2/c1-17(2)23-14-21(22-15-28-33(18(3)4)26(22)29-23)27(35)32-12-10-31(11-13-32)16-24(34)30-25-19(5)8-7-9-20(25)6/h7-9,14-15,17-18H,10-13,16H2,1-6H3,(H,30,34). The molecule has 0 saturated carbocycles. The lowest BCUT2D eigenvalue weighted by Gasteiger charge is -2.34. The summed E-state index contributed by atoms with van der Waals surface area (Å²) in [6, 6.07) is 8.07. The SMILES string of the molecule is Cc1cccc(C)c1NC(=O)CN1CCN(C(=O)c2cc(C(C)C)nc3c2cnn3C(C)C)CC1. The number of piperazine rings is 1. The van der Waals surface area contributed by atoms with Crippen molar-refractivity contribution in [2.75, 3.05) is 38.0 Å². The van der Waals surface area contributed by atoms with Crippen LogP contribution in [0.4, 0.5) is 5.69 Å². The first-order valence-corrected chi connectivity index (χ1v) is 12.4. The fourth-order valence-electron chi connectivity index (χ4n) is 4.56. The van der Waals surface area contributed by atoms with Crippen molar-refractivity contribution in [3.8, 4) is 0 Å². The van der Waals surface area contributed by atoms with Crippen molar-refractivity contribution in [3.05, 3.63) is 52.8 Å². The van der Waals surface area contributed by atoms with Gasteiger partial charge in [0.15, 0.2) is 5.65 Å². The quantitative estimate of drug-likeness (QED) is 0.578. The van der Waals surface area contributed by atoms with Crippen molar-refractivity contribution < 1.29 is 9.59 Å². The van der Waals surface area contributed by atoms with Gasteiger partial charge in [0.1, 0.15) is 0 Å². The van der Waals surface area contributed by atoms with Crippen LogP contribution in [0.5, 0.6) is 0 Å². The van der Waals surface area contributed by atoms with Gasteiger partial charge in [0.05, 0.1) is 23.7 Å². The zero-order chi connectivity index (χ0) is 25.3. The molecule has 2 aromatic heterocycles. The number of amides is 2. The Morgan fingerprint density at radius 2 is 1.69 bits per heavy atom. The molecule has 35 heavy (non-hydrogen) atoms. The molecule has 0 spiro atoms. The van der Waals surface area contributed by atoms with Gasteiger partial charge in [-0.05, 0) is 50.8 Å². The Hall–Kier alpha value is -3.26. The highest BCUT2D eigenvalue weighted by Gasteiger charge is 2.27. The molecule has 3 heterocycles. The molecule has 0 aliphatic carbocycles. The fourth-order valence-corrected chi connectivity index (χ4v) is 4.56. The molecule has 4 rings (SSSR count). The summed E-state index contributed by atoms with van der Waals surface area (Å²) in [6.45, 7) is 15.1. The van der Waals surface area contributed by atoms with E-state index in [1.807, 2.05) is 47.7 Å². The van der Waals surface area contributed by atoms with E-state index in [2.05, 4.69) is 43.0 Å². The van der Waals surface area contributed by atoms with Crippen LogP contribution in [-0.2, 0) is 4.79 Å². The molecule has 1 N–H and O–H groups in total. The van der Waals surface area contributed by atoms with Crippen LogP contribution in [0.25, 0.3) is 11.0 Å². The van der Waals surface area contributed by atoms with E-state index in [0.29, 0.717) is 38.3 Å². The molecule has 1 aliphatic heterocycles. The van der Waals surface area contributed by atoms with Crippen molar-refractivity contribution in [1.29, 1.82) is 0 Å². The van der Waals surface area contributed by atoms with Gasteiger partial charge in [-0.1, -0.05) is 32.0 Å². The smallest absolute Gasteiger partial charge is 0.254 e. The average molecular weight is 477 g/mol. The van der Waals surface area contributed by atoms with E-state index in [4.69, 9.17) is 4.98 Å². The summed E-state index contributed by atoms with van der Waals surface area (Å²) in [6.07, 6.45) is 1.76. The second kappa shape index (κ2) is 10.2. The van der Waals surface area contributed by atoms with Crippen molar-refractivity contribution in [2.24, 2.45) is 0 Å². The van der Waals surface area contributed by atoms with Gasteiger partial charge in [-0.3, -0.25) is 14.5 Å². The first-order chi connectivity index (χ1) is 16.7. The number of pyridine rings is 1. The number of anilines is 1. The lowest BCUT2D eigenvalue weighted by Crippen LogP contribution is -2.50. The van der Waals surface area contributed by atoms with Gasteiger partial charge >= 0.3 is 0 Å². The van der Waals surface area contributed by atoms with E-state index in [1.165, 1.54) is 0 Å². The molecule has 0 unspecified atom stereocenters. The number of hydrogen-bond donors (Lipinski definition) is 1. The summed E-state index contributed by atoms with van der Waals surface area (Å²) in [5.41, 5.74) is 5.31. The Balaban J connectivity index is 1.44. The first-order valence-electron chi connectivity index (χ1n) is 12.4. The summed E-state index contributed by atoms with van der Waals surface area (Å²) in [5.74, 6) is 0.177. The highest BCUT2D eigenvalue weighted by Crippen LogP contribution is 2.26. The van der Waals surface area contributed by atoms with Crippen LogP contribution in [0.1, 0.15) is 66.8 Å². The van der Waals surface area contributed by atoms with Gasteiger partial charge in [0.2, 0.25) is 5.91 Å². The number of nitrogens with zero attached hydrogens (tertiary/aromatic N) is 5. The molecule has 186 valence electrons.